The molecule has 0 atom stereocenters. The van der Waals surface area contributed by atoms with Crippen LogP contribution in [0.2, 0.25) is 5.02 Å². The zero-order valence-corrected chi connectivity index (χ0v) is 15.4. The third-order valence-corrected chi connectivity index (χ3v) is 4.29. The number of aryl methyl sites for hydroxylation is 2. The summed E-state index contributed by atoms with van der Waals surface area (Å²) in [5.74, 6) is 0.759. The molecule has 5 heteroatoms. The third-order valence-electron chi connectivity index (χ3n) is 3.88. The fraction of sp³-hybridized carbons (Fsp3) is 0.316. The Kier molecular flexibility index (Phi) is 4.18. The predicted molar refractivity (Wildman–Crippen MR) is 99.0 cm³/mol. The van der Waals surface area contributed by atoms with Crippen LogP contribution in [-0.2, 0) is 5.41 Å². The van der Waals surface area contributed by atoms with Crippen molar-refractivity contribution >= 4 is 28.8 Å². The van der Waals surface area contributed by atoms with E-state index in [1.807, 2.05) is 41.8 Å². The van der Waals surface area contributed by atoms with Crippen LogP contribution in [0.4, 0.5) is 11.5 Å². The topological polar surface area (TPSA) is 42.0 Å². The van der Waals surface area contributed by atoms with Crippen LogP contribution in [0.1, 0.15) is 37.6 Å². The molecule has 0 radical (unpaired) electrons. The Hall–Kier alpha value is -2.20. The lowest BCUT2D eigenvalue weighted by Gasteiger charge is -2.15. The van der Waals surface area contributed by atoms with Gasteiger partial charge >= 0.3 is 0 Å². The SMILES string of the molecule is Cc1ccn2c(N=Nc3ccc(C)c(Cl)c3)c(C(C)(C)C)nc2c1. The molecule has 0 saturated heterocycles. The summed E-state index contributed by atoms with van der Waals surface area (Å²) in [6.07, 6.45) is 1.99. The summed E-state index contributed by atoms with van der Waals surface area (Å²) < 4.78 is 1.98. The summed E-state index contributed by atoms with van der Waals surface area (Å²) in [5.41, 5.74) is 4.61. The van der Waals surface area contributed by atoms with E-state index >= 15 is 0 Å². The summed E-state index contributed by atoms with van der Waals surface area (Å²) in [5, 5.41) is 9.57. The van der Waals surface area contributed by atoms with Crippen molar-refractivity contribution in [2.75, 3.05) is 0 Å². The molecule has 4 nitrogen and oxygen atoms in total. The van der Waals surface area contributed by atoms with Gasteiger partial charge in [-0.25, -0.2) is 4.98 Å². The second-order valence-corrected chi connectivity index (χ2v) is 7.51. The van der Waals surface area contributed by atoms with Crippen molar-refractivity contribution in [2.45, 2.75) is 40.0 Å². The maximum absolute atomic E-state index is 6.17. The van der Waals surface area contributed by atoms with Gasteiger partial charge in [-0.05, 0) is 49.2 Å². The molecular weight excluding hydrogens is 320 g/mol. The lowest BCUT2D eigenvalue weighted by molar-refractivity contribution is 0.574. The monoisotopic (exact) mass is 340 g/mol. The Bertz CT molecular complexity index is 932. The van der Waals surface area contributed by atoms with Crippen LogP contribution >= 0.6 is 11.6 Å². The van der Waals surface area contributed by atoms with Gasteiger partial charge in [0.2, 0.25) is 0 Å². The number of azo groups is 1. The van der Waals surface area contributed by atoms with Gasteiger partial charge < -0.3 is 0 Å². The van der Waals surface area contributed by atoms with E-state index in [9.17, 15) is 0 Å². The Morgan fingerprint density at radius 3 is 2.46 bits per heavy atom. The van der Waals surface area contributed by atoms with Crippen molar-refractivity contribution in [3.05, 3.63) is 58.4 Å². The van der Waals surface area contributed by atoms with Crippen LogP contribution in [0.5, 0.6) is 0 Å². The first-order valence-electron chi connectivity index (χ1n) is 7.93. The zero-order chi connectivity index (χ0) is 17.5. The number of nitrogens with zero attached hydrogens (tertiary/aromatic N) is 4. The molecule has 0 bridgehead atoms. The molecule has 2 aromatic heterocycles. The summed E-state index contributed by atoms with van der Waals surface area (Å²) in [4.78, 5) is 4.77. The minimum Gasteiger partial charge on any atom is -0.283 e. The van der Waals surface area contributed by atoms with Crippen molar-refractivity contribution in [2.24, 2.45) is 10.2 Å². The van der Waals surface area contributed by atoms with Gasteiger partial charge in [-0.2, -0.15) is 0 Å². The normalized spacial score (nSPS) is 12.4. The van der Waals surface area contributed by atoms with Gasteiger partial charge in [-0.3, -0.25) is 4.40 Å². The van der Waals surface area contributed by atoms with Crippen LogP contribution in [0, 0.1) is 13.8 Å². The lowest BCUT2D eigenvalue weighted by Crippen LogP contribution is -2.11. The number of hydrogen-bond donors (Lipinski definition) is 0. The van der Waals surface area contributed by atoms with Crippen molar-refractivity contribution in [3.63, 3.8) is 0 Å². The lowest BCUT2D eigenvalue weighted by atomic mass is 9.92. The molecule has 0 amide bonds. The summed E-state index contributed by atoms with van der Waals surface area (Å²) >= 11 is 6.17. The molecule has 3 aromatic rings. The third kappa shape index (κ3) is 3.20. The Morgan fingerprint density at radius 2 is 1.79 bits per heavy atom. The molecule has 2 heterocycles. The van der Waals surface area contributed by atoms with Gasteiger partial charge in [0.1, 0.15) is 5.65 Å². The maximum atomic E-state index is 6.17. The molecule has 0 fully saturated rings. The van der Waals surface area contributed by atoms with E-state index in [0.29, 0.717) is 5.02 Å². The van der Waals surface area contributed by atoms with E-state index in [1.165, 1.54) is 5.56 Å². The van der Waals surface area contributed by atoms with Gasteiger partial charge in [0.15, 0.2) is 5.82 Å². The highest BCUT2D eigenvalue weighted by Gasteiger charge is 2.24. The number of rotatable bonds is 2. The molecule has 0 aliphatic heterocycles. The summed E-state index contributed by atoms with van der Waals surface area (Å²) in [6, 6.07) is 9.78. The van der Waals surface area contributed by atoms with Crippen LogP contribution in [0.3, 0.4) is 0 Å². The van der Waals surface area contributed by atoms with Gasteiger partial charge in [-0.15, -0.1) is 10.2 Å². The first kappa shape index (κ1) is 16.7. The number of hydrogen-bond acceptors (Lipinski definition) is 3. The molecule has 0 unspecified atom stereocenters. The van der Waals surface area contributed by atoms with Crippen LogP contribution in [0.15, 0.2) is 46.8 Å². The van der Waals surface area contributed by atoms with Crippen molar-refractivity contribution in [3.8, 4) is 0 Å². The van der Waals surface area contributed by atoms with Crippen molar-refractivity contribution < 1.29 is 0 Å². The maximum Gasteiger partial charge on any atom is 0.183 e. The smallest absolute Gasteiger partial charge is 0.183 e. The molecule has 0 N–H and O–H groups in total. The van der Waals surface area contributed by atoms with E-state index in [4.69, 9.17) is 16.6 Å². The Labute approximate surface area is 147 Å². The fourth-order valence-electron chi connectivity index (χ4n) is 2.48. The highest BCUT2D eigenvalue weighted by Crippen LogP contribution is 2.33. The second-order valence-electron chi connectivity index (χ2n) is 7.10. The molecule has 24 heavy (non-hydrogen) atoms. The van der Waals surface area contributed by atoms with E-state index in [0.717, 1.165) is 28.4 Å². The molecule has 1 aromatic carbocycles. The molecule has 0 aliphatic rings. The average Bonchev–Trinajstić information content (AvgIpc) is 2.86. The summed E-state index contributed by atoms with van der Waals surface area (Å²) in [7, 11) is 0. The average molecular weight is 341 g/mol. The molecule has 0 aliphatic carbocycles. The molecule has 0 saturated carbocycles. The number of pyridine rings is 1. The van der Waals surface area contributed by atoms with Gasteiger partial charge in [0, 0.05) is 16.6 Å². The number of imidazole rings is 1. The highest BCUT2D eigenvalue weighted by molar-refractivity contribution is 6.31. The Balaban J connectivity index is 2.13. The van der Waals surface area contributed by atoms with Crippen LogP contribution < -0.4 is 0 Å². The quantitative estimate of drug-likeness (QED) is 0.503. The van der Waals surface area contributed by atoms with Crippen molar-refractivity contribution in [1.82, 2.24) is 9.38 Å². The largest absolute Gasteiger partial charge is 0.283 e. The van der Waals surface area contributed by atoms with Crippen LogP contribution in [-0.4, -0.2) is 9.38 Å². The predicted octanol–water partition coefficient (Wildman–Crippen LogP) is 6.32. The van der Waals surface area contributed by atoms with E-state index in [1.54, 1.807) is 0 Å². The molecule has 3 rings (SSSR count). The Morgan fingerprint density at radius 1 is 1.04 bits per heavy atom. The van der Waals surface area contributed by atoms with Crippen molar-refractivity contribution in [1.29, 1.82) is 0 Å². The summed E-state index contributed by atoms with van der Waals surface area (Å²) in [6.45, 7) is 10.4. The minimum atomic E-state index is -0.126. The number of aromatic nitrogens is 2. The molecule has 0 spiro atoms. The van der Waals surface area contributed by atoms with E-state index < -0.39 is 0 Å². The minimum absolute atomic E-state index is 0.126. The standard InChI is InChI=1S/C19H21ClN4/c1-12-8-9-24-16(10-12)21-17(19(3,4)5)18(24)23-22-14-7-6-13(2)15(20)11-14/h6-11H,1-5H3. The van der Waals surface area contributed by atoms with Gasteiger partial charge in [0.05, 0.1) is 11.4 Å². The van der Waals surface area contributed by atoms with E-state index in [-0.39, 0.29) is 5.41 Å². The second kappa shape index (κ2) is 6.02. The zero-order valence-electron chi connectivity index (χ0n) is 14.6. The first-order chi connectivity index (χ1) is 11.3. The fourth-order valence-corrected chi connectivity index (χ4v) is 2.66. The number of fused-ring (bicyclic) bond motifs is 1. The number of halogens is 1. The van der Waals surface area contributed by atoms with Gasteiger partial charge in [-0.1, -0.05) is 38.4 Å². The van der Waals surface area contributed by atoms with Crippen LogP contribution in [0.25, 0.3) is 5.65 Å². The highest BCUT2D eigenvalue weighted by atomic mass is 35.5. The molecule has 124 valence electrons. The van der Waals surface area contributed by atoms with E-state index in [2.05, 4.69) is 44.0 Å². The first-order valence-corrected chi connectivity index (χ1v) is 8.30. The number of benzene rings is 1. The molecular formula is C19H21ClN4. The van der Waals surface area contributed by atoms with Gasteiger partial charge in [0.25, 0.3) is 0 Å².